The highest BCUT2D eigenvalue weighted by atomic mass is 35.5. The molecule has 0 N–H and O–H groups in total. The fraction of sp³-hybridized carbons (Fsp3) is 0.250. The molecule has 1 aromatic rings. The topological polar surface area (TPSA) is 26.3 Å². The van der Waals surface area contributed by atoms with Gasteiger partial charge in [0.1, 0.15) is 12.4 Å². The third kappa shape index (κ3) is 4.53. The first-order valence-corrected chi connectivity index (χ1v) is 4.90. The molecule has 0 aliphatic heterocycles. The minimum Gasteiger partial charge on any atom is -0.486 e. The first kappa shape index (κ1) is 11.6. The second-order valence-electron chi connectivity index (χ2n) is 2.89. The zero-order valence-corrected chi connectivity index (χ0v) is 9.17. The van der Waals surface area contributed by atoms with Gasteiger partial charge in [0.05, 0.1) is 6.42 Å². The molecule has 0 heterocycles. The Balaban J connectivity index is 2.42. The van der Waals surface area contributed by atoms with Crippen LogP contribution in [-0.4, -0.2) is 12.4 Å². The summed E-state index contributed by atoms with van der Waals surface area (Å²) in [6, 6.07) is 6.94. The molecule has 0 aliphatic rings. The first-order valence-electron chi connectivity index (χ1n) is 4.52. The standard InChI is InChI=1S/C12H11ClO2/c1-2-3-6-11(14)9-15-12-7-4-5-10(13)8-12/h4-5,7-8H,6,9H2,1H3. The number of halogens is 1. The van der Waals surface area contributed by atoms with Crippen molar-refractivity contribution in [3.05, 3.63) is 29.3 Å². The molecular formula is C12H11ClO2. The van der Waals surface area contributed by atoms with E-state index in [9.17, 15) is 4.79 Å². The van der Waals surface area contributed by atoms with Gasteiger partial charge in [-0.15, -0.1) is 5.92 Å². The lowest BCUT2D eigenvalue weighted by Gasteiger charge is -2.03. The summed E-state index contributed by atoms with van der Waals surface area (Å²) in [5.74, 6) is 5.91. The van der Waals surface area contributed by atoms with Crippen molar-refractivity contribution in [2.45, 2.75) is 13.3 Å². The fourth-order valence-corrected chi connectivity index (χ4v) is 1.14. The Morgan fingerprint density at radius 1 is 1.53 bits per heavy atom. The number of Topliss-reactive ketones (excluding diaryl/α,β-unsaturated/α-hetero) is 1. The number of benzene rings is 1. The third-order valence-electron chi connectivity index (χ3n) is 1.66. The summed E-state index contributed by atoms with van der Waals surface area (Å²) in [5, 5.41) is 0.591. The van der Waals surface area contributed by atoms with Crippen LogP contribution in [0.3, 0.4) is 0 Å². The van der Waals surface area contributed by atoms with Crippen LogP contribution >= 0.6 is 11.6 Å². The Morgan fingerprint density at radius 2 is 2.33 bits per heavy atom. The highest BCUT2D eigenvalue weighted by Crippen LogP contribution is 2.16. The lowest BCUT2D eigenvalue weighted by molar-refractivity contribution is -0.120. The molecule has 2 nitrogen and oxygen atoms in total. The molecular weight excluding hydrogens is 212 g/mol. The van der Waals surface area contributed by atoms with Gasteiger partial charge in [-0.05, 0) is 25.1 Å². The molecule has 0 spiro atoms. The van der Waals surface area contributed by atoms with Crippen LogP contribution in [0.15, 0.2) is 24.3 Å². The molecule has 0 unspecified atom stereocenters. The second kappa shape index (κ2) is 6.10. The Hall–Kier alpha value is -1.46. The smallest absolute Gasteiger partial charge is 0.182 e. The number of ether oxygens (including phenoxy) is 1. The molecule has 0 radical (unpaired) electrons. The summed E-state index contributed by atoms with van der Waals surface area (Å²) in [5.41, 5.74) is 0. The van der Waals surface area contributed by atoms with Crippen LogP contribution in [0.25, 0.3) is 0 Å². The number of rotatable bonds is 4. The van der Waals surface area contributed by atoms with Gasteiger partial charge >= 0.3 is 0 Å². The van der Waals surface area contributed by atoms with Gasteiger partial charge in [-0.2, -0.15) is 0 Å². The molecule has 78 valence electrons. The molecule has 1 rings (SSSR count). The fourth-order valence-electron chi connectivity index (χ4n) is 0.959. The van der Waals surface area contributed by atoms with Gasteiger partial charge < -0.3 is 4.74 Å². The summed E-state index contributed by atoms with van der Waals surface area (Å²) >= 11 is 5.76. The highest BCUT2D eigenvalue weighted by molar-refractivity contribution is 6.30. The van der Waals surface area contributed by atoms with Crippen LogP contribution < -0.4 is 4.74 Å². The van der Waals surface area contributed by atoms with E-state index in [1.165, 1.54) is 0 Å². The maximum atomic E-state index is 11.2. The lowest BCUT2D eigenvalue weighted by Crippen LogP contribution is -2.09. The van der Waals surface area contributed by atoms with Crippen molar-refractivity contribution in [2.75, 3.05) is 6.61 Å². The van der Waals surface area contributed by atoms with Crippen LogP contribution in [0.4, 0.5) is 0 Å². The number of carbonyl (C=O) groups excluding carboxylic acids is 1. The lowest BCUT2D eigenvalue weighted by atomic mass is 10.3. The predicted molar refractivity (Wildman–Crippen MR) is 60.0 cm³/mol. The molecule has 0 saturated carbocycles. The largest absolute Gasteiger partial charge is 0.486 e. The van der Waals surface area contributed by atoms with Gasteiger partial charge in [0, 0.05) is 5.02 Å². The van der Waals surface area contributed by atoms with Crippen molar-refractivity contribution in [1.82, 2.24) is 0 Å². The Kier molecular flexibility index (Phi) is 4.73. The van der Waals surface area contributed by atoms with Gasteiger partial charge in [-0.3, -0.25) is 4.79 Å². The first-order chi connectivity index (χ1) is 7.22. The van der Waals surface area contributed by atoms with E-state index in [2.05, 4.69) is 11.8 Å². The van der Waals surface area contributed by atoms with E-state index in [-0.39, 0.29) is 18.8 Å². The van der Waals surface area contributed by atoms with Crippen molar-refractivity contribution in [3.8, 4) is 17.6 Å². The summed E-state index contributed by atoms with van der Waals surface area (Å²) in [6.45, 7) is 1.74. The summed E-state index contributed by atoms with van der Waals surface area (Å²) in [4.78, 5) is 11.2. The third-order valence-corrected chi connectivity index (χ3v) is 1.89. The molecule has 0 amide bonds. The molecule has 3 heteroatoms. The highest BCUT2D eigenvalue weighted by Gasteiger charge is 2.01. The minimum atomic E-state index is -0.0377. The van der Waals surface area contributed by atoms with Gasteiger partial charge in [0.2, 0.25) is 0 Å². The van der Waals surface area contributed by atoms with E-state index in [0.29, 0.717) is 10.8 Å². The zero-order valence-electron chi connectivity index (χ0n) is 8.42. The molecule has 0 aliphatic carbocycles. The van der Waals surface area contributed by atoms with Gasteiger partial charge in [-0.25, -0.2) is 0 Å². The van der Waals surface area contributed by atoms with Gasteiger partial charge in [0.15, 0.2) is 5.78 Å². The zero-order chi connectivity index (χ0) is 11.1. The quantitative estimate of drug-likeness (QED) is 0.733. The average molecular weight is 223 g/mol. The molecule has 15 heavy (non-hydrogen) atoms. The van der Waals surface area contributed by atoms with Crippen LogP contribution in [0.1, 0.15) is 13.3 Å². The Morgan fingerprint density at radius 3 is 3.00 bits per heavy atom. The van der Waals surface area contributed by atoms with Crippen molar-refractivity contribution in [3.63, 3.8) is 0 Å². The number of hydrogen-bond donors (Lipinski definition) is 0. The molecule has 1 aromatic carbocycles. The van der Waals surface area contributed by atoms with Crippen LogP contribution in [0, 0.1) is 11.8 Å². The van der Waals surface area contributed by atoms with E-state index in [1.54, 1.807) is 31.2 Å². The van der Waals surface area contributed by atoms with E-state index in [4.69, 9.17) is 16.3 Å². The maximum absolute atomic E-state index is 11.2. The van der Waals surface area contributed by atoms with Crippen LogP contribution in [-0.2, 0) is 4.79 Å². The minimum absolute atomic E-state index is 0.0367. The predicted octanol–water partition coefficient (Wildman–Crippen LogP) is 2.70. The van der Waals surface area contributed by atoms with E-state index >= 15 is 0 Å². The van der Waals surface area contributed by atoms with E-state index in [1.807, 2.05) is 0 Å². The van der Waals surface area contributed by atoms with Crippen molar-refractivity contribution in [1.29, 1.82) is 0 Å². The SMILES string of the molecule is CC#CCC(=O)COc1cccc(Cl)c1. The Bertz CT molecular complexity index is 402. The van der Waals surface area contributed by atoms with Crippen molar-refractivity contribution in [2.24, 2.45) is 0 Å². The summed E-state index contributed by atoms with van der Waals surface area (Å²) in [7, 11) is 0. The number of hydrogen-bond acceptors (Lipinski definition) is 2. The molecule has 0 fully saturated rings. The van der Waals surface area contributed by atoms with Crippen LogP contribution in [0.5, 0.6) is 5.75 Å². The molecule has 0 atom stereocenters. The van der Waals surface area contributed by atoms with Crippen molar-refractivity contribution >= 4 is 17.4 Å². The summed E-state index contributed by atoms with van der Waals surface area (Å²) < 4.78 is 5.24. The number of ketones is 1. The normalized spacial score (nSPS) is 8.93. The maximum Gasteiger partial charge on any atom is 0.182 e. The molecule has 0 saturated heterocycles. The molecule has 0 aromatic heterocycles. The monoisotopic (exact) mass is 222 g/mol. The van der Waals surface area contributed by atoms with Gasteiger partial charge in [-0.1, -0.05) is 23.6 Å². The average Bonchev–Trinajstić information content (AvgIpc) is 2.23. The second-order valence-corrected chi connectivity index (χ2v) is 3.32. The van der Waals surface area contributed by atoms with Crippen molar-refractivity contribution < 1.29 is 9.53 Å². The number of carbonyl (C=O) groups is 1. The summed E-state index contributed by atoms with van der Waals surface area (Å²) in [6.07, 6.45) is 0.233. The van der Waals surface area contributed by atoms with Crippen LogP contribution in [0.2, 0.25) is 5.02 Å². The van der Waals surface area contributed by atoms with Gasteiger partial charge in [0.25, 0.3) is 0 Å². The van der Waals surface area contributed by atoms with E-state index in [0.717, 1.165) is 0 Å². The molecule has 0 bridgehead atoms. The van der Waals surface area contributed by atoms with E-state index < -0.39 is 0 Å². The Labute approximate surface area is 94.2 Å².